The molecule has 33 heavy (non-hydrogen) atoms. The van der Waals surface area contributed by atoms with Crippen molar-refractivity contribution in [3.05, 3.63) is 52.7 Å². The summed E-state index contributed by atoms with van der Waals surface area (Å²) in [4.78, 5) is 24.4. The number of benzene rings is 2. The number of esters is 1. The highest BCUT2D eigenvalue weighted by molar-refractivity contribution is 5.89. The Bertz CT molecular complexity index is 1240. The quantitative estimate of drug-likeness (QED) is 0.266. The van der Waals surface area contributed by atoms with Crippen molar-refractivity contribution in [2.24, 2.45) is 0 Å². The van der Waals surface area contributed by atoms with E-state index in [-0.39, 0.29) is 16.7 Å². The van der Waals surface area contributed by atoms with Crippen LogP contribution in [0.2, 0.25) is 0 Å². The predicted molar refractivity (Wildman–Crippen MR) is 111 cm³/mol. The van der Waals surface area contributed by atoms with E-state index in [0.717, 1.165) is 19.2 Å². The summed E-state index contributed by atoms with van der Waals surface area (Å²) in [7, 11) is 1.03. The molecule has 5 atom stereocenters. The first-order chi connectivity index (χ1) is 15.7. The fraction of sp³-hybridized carbons (Fsp3) is 0.273. The lowest BCUT2D eigenvalue weighted by molar-refractivity contribution is -0.272. The summed E-state index contributed by atoms with van der Waals surface area (Å²) in [6.45, 7) is 0. The SMILES string of the molecule is COC(=O)C1OC(Oc2cc3oc(-c4ccccc4)cc(=O)c3c(O)c2O)C(O)C(O)C1O. The molecular weight excluding hydrogens is 440 g/mol. The first kappa shape index (κ1) is 22.6. The molecule has 0 amide bonds. The summed E-state index contributed by atoms with van der Waals surface area (Å²) in [5, 5.41) is 50.7. The molecule has 0 saturated carbocycles. The fourth-order valence-corrected chi connectivity index (χ4v) is 3.49. The Morgan fingerprint density at radius 3 is 2.33 bits per heavy atom. The number of phenolic OH excluding ortho intramolecular Hbond substituents is 2. The minimum Gasteiger partial charge on any atom is -0.504 e. The number of methoxy groups -OCH3 is 1. The third kappa shape index (κ3) is 3.98. The second-order valence-corrected chi connectivity index (χ2v) is 7.32. The summed E-state index contributed by atoms with van der Waals surface area (Å²) in [5.74, 6) is -3.04. The second-order valence-electron chi connectivity index (χ2n) is 7.32. The lowest BCUT2D eigenvalue weighted by Gasteiger charge is -2.38. The molecule has 1 fully saturated rings. The highest BCUT2D eigenvalue weighted by Gasteiger charge is 2.48. The maximum Gasteiger partial charge on any atom is 0.337 e. The maximum absolute atomic E-state index is 12.6. The molecule has 1 aliphatic heterocycles. The summed E-state index contributed by atoms with van der Waals surface area (Å²) >= 11 is 0. The second kappa shape index (κ2) is 8.71. The van der Waals surface area contributed by atoms with Crippen LogP contribution in [0.5, 0.6) is 17.2 Å². The van der Waals surface area contributed by atoms with Crippen LogP contribution in [0.15, 0.2) is 51.7 Å². The van der Waals surface area contributed by atoms with Gasteiger partial charge in [-0.25, -0.2) is 4.79 Å². The van der Waals surface area contributed by atoms with E-state index in [1.807, 2.05) is 0 Å². The summed E-state index contributed by atoms with van der Waals surface area (Å²) < 4.78 is 20.8. The van der Waals surface area contributed by atoms with Crippen LogP contribution in [0.3, 0.4) is 0 Å². The van der Waals surface area contributed by atoms with Crippen LogP contribution in [0, 0.1) is 0 Å². The van der Waals surface area contributed by atoms with Gasteiger partial charge < -0.3 is 44.2 Å². The number of aliphatic hydroxyl groups excluding tert-OH is 3. The molecular formula is C22H20O11. The van der Waals surface area contributed by atoms with Crippen molar-refractivity contribution in [2.75, 3.05) is 7.11 Å². The van der Waals surface area contributed by atoms with Crippen LogP contribution < -0.4 is 10.2 Å². The maximum atomic E-state index is 12.6. The number of hydrogen-bond acceptors (Lipinski definition) is 11. The van der Waals surface area contributed by atoms with E-state index in [0.29, 0.717) is 5.56 Å². The topological polar surface area (TPSA) is 176 Å². The van der Waals surface area contributed by atoms with Crippen molar-refractivity contribution in [2.45, 2.75) is 30.7 Å². The predicted octanol–water partition coefficient (Wildman–Crippen LogP) is 0.231. The minimum absolute atomic E-state index is 0.151. The highest BCUT2D eigenvalue weighted by Crippen LogP contribution is 2.42. The molecule has 5 unspecified atom stereocenters. The van der Waals surface area contributed by atoms with E-state index in [1.54, 1.807) is 30.3 Å². The zero-order chi connectivity index (χ0) is 23.9. The molecule has 174 valence electrons. The highest BCUT2D eigenvalue weighted by atomic mass is 16.7. The number of aliphatic hydroxyl groups is 3. The zero-order valence-corrected chi connectivity index (χ0v) is 17.1. The van der Waals surface area contributed by atoms with Gasteiger partial charge in [0.1, 0.15) is 35.0 Å². The van der Waals surface area contributed by atoms with Gasteiger partial charge in [-0.15, -0.1) is 0 Å². The molecule has 1 aliphatic rings. The van der Waals surface area contributed by atoms with E-state index < -0.39 is 59.4 Å². The number of fused-ring (bicyclic) bond motifs is 1. The monoisotopic (exact) mass is 460 g/mol. The molecule has 0 spiro atoms. The van der Waals surface area contributed by atoms with Crippen LogP contribution in [0.25, 0.3) is 22.3 Å². The molecule has 5 N–H and O–H groups in total. The first-order valence-corrected chi connectivity index (χ1v) is 9.75. The molecule has 4 rings (SSSR count). The van der Waals surface area contributed by atoms with Gasteiger partial charge in [0.15, 0.2) is 23.0 Å². The molecule has 3 aromatic rings. The van der Waals surface area contributed by atoms with E-state index in [2.05, 4.69) is 4.74 Å². The van der Waals surface area contributed by atoms with Gasteiger partial charge in [-0.2, -0.15) is 0 Å². The van der Waals surface area contributed by atoms with E-state index in [4.69, 9.17) is 13.9 Å². The third-order valence-corrected chi connectivity index (χ3v) is 5.24. The van der Waals surface area contributed by atoms with Gasteiger partial charge in [0.05, 0.1) is 7.11 Å². The van der Waals surface area contributed by atoms with Crippen LogP contribution in [-0.4, -0.2) is 69.3 Å². The zero-order valence-electron chi connectivity index (χ0n) is 17.1. The largest absolute Gasteiger partial charge is 0.504 e. The molecule has 1 aromatic heterocycles. The number of carbonyl (C=O) groups excluding carboxylic acids is 1. The lowest BCUT2D eigenvalue weighted by atomic mass is 9.99. The van der Waals surface area contributed by atoms with E-state index in [9.17, 15) is 35.1 Å². The van der Waals surface area contributed by atoms with Gasteiger partial charge in [0.25, 0.3) is 0 Å². The van der Waals surface area contributed by atoms with Gasteiger partial charge >= 0.3 is 5.97 Å². The van der Waals surface area contributed by atoms with Crippen LogP contribution in [0.4, 0.5) is 0 Å². The van der Waals surface area contributed by atoms with Crippen molar-refractivity contribution < 1.29 is 49.0 Å². The Kier molecular flexibility index (Phi) is 5.95. The number of carbonyl (C=O) groups is 1. The Morgan fingerprint density at radius 2 is 1.67 bits per heavy atom. The number of ether oxygens (including phenoxy) is 3. The normalized spacial score (nSPS) is 25.0. The Morgan fingerprint density at radius 1 is 0.970 bits per heavy atom. The minimum atomic E-state index is -1.85. The van der Waals surface area contributed by atoms with Gasteiger partial charge in [0.2, 0.25) is 12.0 Å². The smallest absolute Gasteiger partial charge is 0.337 e. The number of phenols is 2. The average molecular weight is 460 g/mol. The lowest BCUT2D eigenvalue weighted by Crippen LogP contribution is -2.61. The molecule has 11 heteroatoms. The summed E-state index contributed by atoms with van der Waals surface area (Å²) in [5.41, 5.74) is -0.203. The number of rotatable bonds is 4. The molecule has 0 radical (unpaired) electrons. The van der Waals surface area contributed by atoms with Crippen LogP contribution in [-0.2, 0) is 14.3 Å². The Hall–Kier alpha value is -3.64. The number of aromatic hydroxyl groups is 2. The van der Waals surface area contributed by atoms with Gasteiger partial charge in [-0.1, -0.05) is 30.3 Å². The summed E-state index contributed by atoms with van der Waals surface area (Å²) in [6.07, 6.45) is -8.97. The molecule has 2 aromatic carbocycles. The fourth-order valence-electron chi connectivity index (χ4n) is 3.49. The summed E-state index contributed by atoms with van der Waals surface area (Å²) in [6, 6.07) is 10.9. The Balaban J connectivity index is 1.75. The first-order valence-electron chi connectivity index (χ1n) is 9.75. The molecule has 11 nitrogen and oxygen atoms in total. The average Bonchev–Trinajstić information content (AvgIpc) is 2.82. The van der Waals surface area contributed by atoms with E-state index >= 15 is 0 Å². The van der Waals surface area contributed by atoms with Crippen molar-refractivity contribution in [3.8, 4) is 28.6 Å². The standard InChI is InChI=1S/C22H20O11/c1-30-21(29)20-18(27)17(26)19(28)22(33-20)32-13-8-12-14(16(25)15(13)24)10(23)7-11(31-12)9-5-3-2-4-6-9/h2-8,17-20,22,24-28H,1H3. The van der Waals surface area contributed by atoms with Crippen molar-refractivity contribution in [1.82, 2.24) is 0 Å². The van der Waals surface area contributed by atoms with Crippen LogP contribution in [0.1, 0.15) is 0 Å². The molecule has 1 saturated heterocycles. The molecule has 0 aliphatic carbocycles. The Labute approximate surface area is 185 Å². The van der Waals surface area contributed by atoms with Crippen molar-refractivity contribution in [1.29, 1.82) is 0 Å². The van der Waals surface area contributed by atoms with Crippen molar-refractivity contribution in [3.63, 3.8) is 0 Å². The molecule has 0 bridgehead atoms. The van der Waals surface area contributed by atoms with Gasteiger partial charge in [0, 0.05) is 17.7 Å². The van der Waals surface area contributed by atoms with Gasteiger partial charge in [-0.3, -0.25) is 4.79 Å². The molecule has 2 heterocycles. The third-order valence-electron chi connectivity index (χ3n) is 5.24. The number of hydrogen-bond donors (Lipinski definition) is 5. The van der Waals surface area contributed by atoms with Crippen molar-refractivity contribution >= 4 is 16.9 Å². The van der Waals surface area contributed by atoms with E-state index in [1.165, 1.54) is 0 Å². The van der Waals surface area contributed by atoms with Crippen LogP contribution >= 0.6 is 0 Å². The van der Waals surface area contributed by atoms with Gasteiger partial charge in [-0.05, 0) is 0 Å².